The Labute approximate surface area is 149 Å². The van der Waals surface area contributed by atoms with Gasteiger partial charge in [-0.2, -0.15) is 0 Å². The molecule has 2 aromatic carbocycles. The molecule has 5 nitrogen and oxygen atoms in total. The predicted molar refractivity (Wildman–Crippen MR) is 101 cm³/mol. The SMILES string of the molecule is Cc1ccc(C)c(C(C)NC(=O)c2ccc(N(C)S(C)(=O)=O)cc2)c1. The number of nitrogens with one attached hydrogen (secondary N) is 1. The van der Waals surface area contributed by atoms with Crippen molar-refractivity contribution in [2.45, 2.75) is 26.8 Å². The Bertz CT molecular complexity index is 874. The normalized spacial score (nSPS) is 12.5. The summed E-state index contributed by atoms with van der Waals surface area (Å²) in [6.45, 7) is 5.99. The van der Waals surface area contributed by atoms with Gasteiger partial charge in [0.15, 0.2) is 0 Å². The molecule has 2 aromatic rings. The van der Waals surface area contributed by atoms with Gasteiger partial charge in [-0.05, 0) is 56.2 Å². The minimum atomic E-state index is -3.32. The topological polar surface area (TPSA) is 66.5 Å². The molecule has 1 amide bonds. The summed E-state index contributed by atoms with van der Waals surface area (Å²) in [5.74, 6) is -0.193. The van der Waals surface area contributed by atoms with Crippen molar-refractivity contribution in [3.8, 4) is 0 Å². The smallest absolute Gasteiger partial charge is 0.251 e. The zero-order valence-corrected chi connectivity index (χ0v) is 16.0. The number of carbonyl (C=O) groups excluding carboxylic acids is 1. The summed E-state index contributed by atoms with van der Waals surface area (Å²) in [5.41, 5.74) is 4.37. The van der Waals surface area contributed by atoms with E-state index in [0.717, 1.165) is 22.9 Å². The van der Waals surface area contributed by atoms with Crippen LogP contribution in [-0.2, 0) is 10.0 Å². The summed E-state index contributed by atoms with van der Waals surface area (Å²) in [6.07, 6.45) is 1.14. The molecular formula is C19H24N2O3S. The summed E-state index contributed by atoms with van der Waals surface area (Å²) in [6, 6.07) is 12.5. The van der Waals surface area contributed by atoms with Gasteiger partial charge in [-0.15, -0.1) is 0 Å². The van der Waals surface area contributed by atoms with Crippen LogP contribution in [0.2, 0.25) is 0 Å². The Morgan fingerprint density at radius 1 is 1.08 bits per heavy atom. The first-order chi connectivity index (χ1) is 11.6. The average molecular weight is 360 g/mol. The minimum absolute atomic E-state index is 0.120. The van der Waals surface area contributed by atoms with E-state index in [1.54, 1.807) is 24.3 Å². The van der Waals surface area contributed by atoms with Crippen molar-refractivity contribution in [2.24, 2.45) is 0 Å². The first kappa shape index (κ1) is 19.0. The Hall–Kier alpha value is -2.34. The van der Waals surface area contributed by atoms with Crippen molar-refractivity contribution in [3.63, 3.8) is 0 Å². The number of hydrogen-bond acceptors (Lipinski definition) is 3. The van der Waals surface area contributed by atoms with Crippen LogP contribution in [0.15, 0.2) is 42.5 Å². The lowest BCUT2D eigenvalue weighted by atomic mass is 9.99. The second-order valence-electron chi connectivity index (χ2n) is 6.33. The first-order valence-electron chi connectivity index (χ1n) is 8.01. The molecule has 0 spiro atoms. The number of hydrogen-bond donors (Lipinski definition) is 1. The van der Waals surface area contributed by atoms with Crippen LogP contribution in [0.25, 0.3) is 0 Å². The van der Waals surface area contributed by atoms with Crippen LogP contribution in [0, 0.1) is 13.8 Å². The van der Waals surface area contributed by atoms with E-state index in [1.807, 2.05) is 32.9 Å². The van der Waals surface area contributed by atoms with Gasteiger partial charge >= 0.3 is 0 Å². The number of aryl methyl sites for hydroxylation is 2. The van der Waals surface area contributed by atoms with Crippen molar-refractivity contribution < 1.29 is 13.2 Å². The van der Waals surface area contributed by atoms with Crippen molar-refractivity contribution in [1.82, 2.24) is 5.32 Å². The third-order valence-corrected chi connectivity index (χ3v) is 5.45. The van der Waals surface area contributed by atoms with Gasteiger partial charge in [0.2, 0.25) is 10.0 Å². The van der Waals surface area contributed by atoms with Crippen LogP contribution in [0.5, 0.6) is 0 Å². The largest absolute Gasteiger partial charge is 0.346 e. The molecule has 0 saturated carbocycles. The Balaban J connectivity index is 2.14. The summed E-state index contributed by atoms with van der Waals surface area (Å²) in [4.78, 5) is 12.5. The zero-order chi connectivity index (χ0) is 18.8. The molecule has 134 valence electrons. The highest BCUT2D eigenvalue weighted by atomic mass is 32.2. The molecule has 0 saturated heterocycles. The Morgan fingerprint density at radius 3 is 2.24 bits per heavy atom. The van der Waals surface area contributed by atoms with E-state index in [9.17, 15) is 13.2 Å². The van der Waals surface area contributed by atoms with E-state index >= 15 is 0 Å². The van der Waals surface area contributed by atoms with E-state index in [-0.39, 0.29) is 11.9 Å². The number of carbonyl (C=O) groups is 1. The molecule has 0 aliphatic heterocycles. The van der Waals surface area contributed by atoms with E-state index in [0.29, 0.717) is 11.3 Å². The molecule has 0 aliphatic carbocycles. The molecular weight excluding hydrogens is 336 g/mol. The Morgan fingerprint density at radius 2 is 1.68 bits per heavy atom. The average Bonchev–Trinajstić information content (AvgIpc) is 2.55. The highest BCUT2D eigenvalue weighted by molar-refractivity contribution is 7.92. The van der Waals surface area contributed by atoms with Crippen molar-refractivity contribution in [2.75, 3.05) is 17.6 Å². The second kappa shape index (κ2) is 7.27. The fourth-order valence-corrected chi connectivity index (χ4v) is 3.10. The van der Waals surface area contributed by atoms with Crippen LogP contribution in [-0.4, -0.2) is 27.6 Å². The van der Waals surface area contributed by atoms with Gasteiger partial charge in [0.25, 0.3) is 5.91 Å². The van der Waals surface area contributed by atoms with Crippen LogP contribution in [0.3, 0.4) is 0 Å². The van der Waals surface area contributed by atoms with Crippen molar-refractivity contribution in [1.29, 1.82) is 0 Å². The number of amides is 1. The predicted octanol–water partition coefficient (Wildman–Crippen LogP) is 3.19. The molecule has 6 heteroatoms. The molecule has 0 radical (unpaired) electrons. The van der Waals surface area contributed by atoms with Gasteiger partial charge < -0.3 is 5.32 Å². The van der Waals surface area contributed by atoms with Crippen LogP contribution >= 0.6 is 0 Å². The zero-order valence-electron chi connectivity index (χ0n) is 15.2. The molecule has 1 N–H and O–H groups in total. The standard InChI is InChI=1S/C19H24N2O3S/c1-13-6-7-14(2)18(12-13)15(3)20-19(22)16-8-10-17(11-9-16)21(4)25(5,23)24/h6-12,15H,1-5H3,(H,20,22). The number of sulfonamides is 1. The second-order valence-corrected chi connectivity index (χ2v) is 8.35. The fourth-order valence-electron chi connectivity index (χ4n) is 2.60. The quantitative estimate of drug-likeness (QED) is 0.890. The first-order valence-corrected chi connectivity index (χ1v) is 9.86. The van der Waals surface area contributed by atoms with Gasteiger partial charge in [0, 0.05) is 12.6 Å². The maximum Gasteiger partial charge on any atom is 0.251 e. The number of rotatable bonds is 5. The molecule has 0 heterocycles. The maximum absolute atomic E-state index is 12.5. The van der Waals surface area contributed by atoms with E-state index in [1.165, 1.54) is 11.4 Å². The molecule has 25 heavy (non-hydrogen) atoms. The van der Waals surface area contributed by atoms with Crippen LogP contribution in [0.4, 0.5) is 5.69 Å². The molecule has 2 rings (SSSR count). The molecule has 1 atom stereocenters. The monoisotopic (exact) mass is 360 g/mol. The van der Waals surface area contributed by atoms with E-state index in [2.05, 4.69) is 11.4 Å². The molecule has 0 aliphatic rings. The fraction of sp³-hybridized carbons (Fsp3) is 0.316. The summed E-state index contributed by atoms with van der Waals surface area (Å²) < 4.78 is 24.3. The number of nitrogens with zero attached hydrogens (tertiary/aromatic N) is 1. The molecule has 1 unspecified atom stereocenters. The third-order valence-electron chi connectivity index (χ3n) is 4.24. The number of anilines is 1. The highest BCUT2D eigenvalue weighted by Crippen LogP contribution is 2.20. The minimum Gasteiger partial charge on any atom is -0.346 e. The molecule has 0 fully saturated rings. The van der Waals surface area contributed by atoms with Gasteiger partial charge in [0.05, 0.1) is 18.0 Å². The maximum atomic E-state index is 12.5. The van der Waals surface area contributed by atoms with Crippen molar-refractivity contribution >= 4 is 21.6 Å². The third kappa shape index (κ3) is 4.60. The Kier molecular flexibility index (Phi) is 5.52. The van der Waals surface area contributed by atoms with Crippen LogP contribution < -0.4 is 9.62 Å². The lowest BCUT2D eigenvalue weighted by Crippen LogP contribution is -2.27. The molecule has 0 aromatic heterocycles. The van der Waals surface area contributed by atoms with E-state index in [4.69, 9.17) is 0 Å². The van der Waals surface area contributed by atoms with Crippen molar-refractivity contribution in [3.05, 3.63) is 64.7 Å². The summed E-state index contributed by atoms with van der Waals surface area (Å²) in [5, 5.41) is 2.99. The molecule has 0 bridgehead atoms. The van der Waals surface area contributed by atoms with Gasteiger partial charge in [-0.1, -0.05) is 23.8 Å². The lowest BCUT2D eigenvalue weighted by Gasteiger charge is -2.19. The van der Waals surface area contributed by atoms with Crippen LogP contribution in [0.1, 0.15) is 40.0 Å². The van der Waals surface area contributed by atoms with Gasteiger partial charge in [0.1, 0.15) is 0 Å². The summed E-state index contributed by atoms with van der Waals surface area (Å²) >= 11 is 0. The van der Waals surface area contributed by atoms with E-state index < -0.39 is 10.0 Å². The highest BCUT2D eigenvalue weighted by Gasteiger charge is 2.15. The van der Waals surface area contributed by atoms with Gasteiger partial charge in [-0.25, -0.2) is 8.42 Å². The number of benzene rings is 2. The van der Waals surface area contributed by atoms with Gasteiger partial charge in [-0.3, -0.25) is 9.10 Å². The lowest BCUT2D eigenvalue weighted by molar-refractivity contribution is 0.0940. The summed E-state index contributed by atoms with van der Waals surface area (Å²) in [7, 11) is -1.84.